The fraction of sp³-hybridized carbons (Fsp3) is 0.600. The average Bonchev–Trinajstić information content (AvgIpc) is 1.68. The highest BCUT2D eigenvalue weighted by Gasteiger charge is 1.91. The van der Waals surface area contributed by atoms with Crippen molar-refractivity contribution < 1.29 is 4.79 Å². The van der Waals surface area contributed by atoms with Crippen LogP contribution in [0.15, 0.2) is 4.99 Å². The number of carbonyl (C=O) groups excluding carboxylic acids is 1. The molecule has 0 aromatic rings. The number of aliphatic imine (C=N–C) groups is 1. The highest BCUT2D eigenvalue weighted by atomic mass is 16.1. The molecule has 8 heavy (non-hydrogen) atoms. The van der Waals surface area contributed by atoms with E-state index in [2.05, 4.69) is 17.0 Å². The first-order valence-electron chi connectivity index (χ1n) is 2.50. The van der Waals surface area contributed by atoms with Gasteiger partial charge >= 0.3 is 0 Å². The summed E-state index contributed by atoms with van der Waals surface area (Å²) in [5.41, 5.74) is 0. The lowest BCUT2D eigenvalue weighted by molar-refractivity contribution is -0.119. The molecule has 0 bridgehead atoms. The topological polar surface area (TPSA) is 41.5 Å². The normalized spacial score (nSPS) is 8.12. The predicted octanol–water partition coefficient (Wildman–Crippen LogP) is -0.177. The smallest absolute Gasteiger partial charge is 0.241 e. The zero-order chi connectivity index (χ0) is 6.41. The van der Waals surface area contributed by atoms with Gasteiger partial charge in [-0.15, -0.1) is 0 Å². The van der Waals surface area contributed by atoms with Gasteiger partial charge in [-0.1, -0.05) is 0 Å². The molecule has 0 radical (unpaired) electrons. The standard InChI is InChI=1S/C5H10N2O/c1-3-7-5(8)4-6-2/h2-4H2,1H3,(H,7,8). The van der Waals surface area contributed by atoms with E-state index in [1.807, 2.05) is 6.92 Å². The Morgan fingerprint density at radius 1 is 1.88 bits per heavy atom. The number of likely N-dealkylation sites (N-methyl/N-ethyl adjacent to an activating group) is 1. The van der Waals surface area contributed by atoms with E-state index in [0.717, 1.165) is 0 Å². The van der Waals surface area contributed by atoms with E-state index < -0.39 is 0 Å². The lowest BCUT2D eigenvalue weighted by atomic mass is 10.6. The Morgan fingerprint density at radius 3 is 2.88 bits per heavy atom. The molecule has 1 N–H and O–H groups in total. The van der Waals surface area contributed by atoms with Crippen molar-refractivity contribution in [1.29, 1.82) is 0 Å². The Labute approximate surface area is 48.8 Å². The first-order chi connectivity index (χ1) is 3.81. The lowest BCUT2D eigenvalue weighted by Gasteiger charge is -1.94. The maximum absolute atomic E-state index is 10.4. The molecule has 0 unspecified atom stereocenters. The minimum Gasteiger partial charge on any atom is -0.355 e. The summed E-state index contributed by atoms with van der Waals surface area (Å²) < 4.78 is 0. The second-order valence-corrected chi connectivity index (χ2v) is 1.34. The second kappa shape index (κ2) is 4.30. The summed E-state index contributed by atoms with van der Waals surface area (Å²) in [6, 6.07) is 0. The molecule has 0 saturated heterocycles. The third kappa shape index (κ3) is 3.33. The van der Waals surface area contributed by atoms with Crippen LogP contribution in [0.1, 0.15) is 6.92 Å². The van der Waals surface area contributed by atoms with E-state index in [-0.39, 0.29) is 12.5 Å². The van der Waals surface area contributed by atoms with Gasteiger partial charge in [0.2, 0.25) is 5.91 Å². The average molecular weight is 114 g/mol. The van der Waals surface area contributed by atoms with E-state index in [1.54, 1.807) is 0 Å². The van der Waals surface area contributed by atoms with E-state index in [9.17, 15) is 4.79 Å². The molecule has 3 nitrogen and oxygen atoms in total. The highest BCUT2D eigenvalue weighted by molar-refractivity contribution is 5.78. The molecule has 0 spiro atoms. The van der Waals surface area contributed by atoms with Crippen LogP contribution in [0, 0.1) is 0 Å². The predicted molar refractivity (Wildman–Crippen MR) is 33.1 cm³/mol. The Balaban J connectivity index is 3.18. The van der Waals surface area contributed by atoms with Gasteiger partial charge in [0.25, 0.3) is 0 Å². The fourth-order valence-corrected chi connectivity index (χ4v) is 0.355. The van der Waals surface area contributed by atoms with Crippen LogP contribution in [0.5, 0.6) is 0 Å². The molecule has 46 valence electrons. The number of hydrogen-bond acceptors (Lipinski definition) is 2. The summed E-state index contributed by atoms with van der Waals surface area (Å²) in [6.45, 7) is 5.87. The molecule has 1 amide bonds. The number of rotatable bonds is 3. The summed E-state index contributed by atoms with van der Waals surface area (Å²) in [6.07, 6.45) is 0. The molecule has 0 rings (SSSR count). The third-order valence-electron chi connectivity index (χ3n) is 0.629. The van der Waals surface area contributed by atoms with Gasteiger partial charge in [0, 0.05) is 6.54 Å². The minimum atomic E-state index is -0.0671. The molecule has 3 heteroatoms. The third-order valence-corrected chi connectivity index (χ3v) is 0.629. The van der Waals surface area contributed by atoms with Crippen molar-refractivity contribution >= 4 is 12.6 Å². The molecule has 0 aromatic heterocycles. The maximum Gasteiger partial charge on any atom is 0.241 e. The van der Waals surface area contributed by atoms with Gasteiger partial charge < -0.3 is 5.32 Å². The largest absolute Gasteiger partial charge is 0.355 e. The first kappa shape index (κ1) is 7.14. The number of amides is 1. The highest BCUT2D eigenvalue weighted by Crippen LogP contribution is 1.65. The zero-order valence-electron chi connectivity index (χ0n) is 4.98. The van der Waals surface area contributed by atoms with Crippen LogP contribution in [0.4, 0.5) is 0 Å². The number of nitrogens with zero attached hydrogens (tertiary/aromatic N) is 1. The van der Waals surface area contributed by atoms with Gasteiger partial charge in [0.15, 0.2) is 0 Å². The molecule has 0 saturated carbocycles. The molecule has 0 aromatic carbocycles. The van der Waals surface area contributed by atoms with Crippen LogP contribution in [-0.4, -0.2) is 25.7 Å². The Bertz CT molecular complexity index is 90.4. The SMILES string of the molecule is C=NCC(=O)NCC. The van der Waals surface area contributed by atoms with E-state index in [0.29, 0.717) is 6.54 Å². The van der Waals surface area contributed by atoms with E-state index >= 15 is 0 Å². The lowest BCUT2D eigenvalue weighted by Crippen LogP contribution is -2.24. The van der Waals surface area contributed by atoms with Crippen molar-refractivity contribution in [1.82, 2.24) is 5.32 Å². The minimum absolute atomic E-state index is 0.0671. The van der Waals surface area contributed by atoms with Gasteiger partial charge in [-0.25, -0.2) is 0 Å². The summed E-state index contributed by atoms with van der Waals surface area (Å²) >= 11 is 0. The quantitative estimate of drug-likeness (QED) is 0.508. The summed E-state index contributed by atoms with van der Waals surface area (Å²) in [7, 11) is 0. The zero-order valence-corrected chi connectivity index (χ0v) is 4.98. The second-order valence-electron chi connectivity index (χ2n) is 1.34. The van der Waals surface area contributed by atoms with Gasteiger partial charge in [0.1, 0.15) is 6.54 Å². The van der Waals surface area contributed by atoms with E-state index in [1.165, 1.54) is 0 Å². The molecule has 0 fully saturated rings. The van der Waals surface area contributed by atoms with Crippen LogP contribution in [0.25, 0.3) is 0 Å². The Kier molecular flexibility index (Phi) is 3.84. The van der Waals surface area contributed by atoms with Crippen LogP contribution in [0.2, 0.25) is 0 Å². The van der Waals surface area contributed by atoms with Crippen molar-refractivity contribution in [2.45, 2.75) is 6.92 Å². The monoisotopic (exact) mass is 114 g/mol. The molecular formula is C5H10N2O. The molecule has 0 atom stereocenters. The number of nitrogens with one attached hydrogen (secondary N) is 1. The van der Waals surface area contributed by atoms with Crippen molar-refractivity contribution in [3.63, 3.8) is 0 Å². The molecule has 0 heterocycles. The maximum atomic E-state index is 10.4. The molecule has 0 aliphatic heterocycles. The Morgan fingerprint density at radius 2 is 2.50 bits per heavy atom. The summed E-state index contributed by atoms with van der Waals surface area (Å²) in [4.78, 5) is 13.8. The van der Waals surface area contributed by atoms with Crippen molar-refractivity contribution in [3.8, 4) is 0 Å². The first-order valence-corrected chi connectivity index (χ1v) is 2.50. The van der Waals surface area contributed by atoms with Crippen LogP contribution < -0.4 is 5.32 Å². The van der Waals surface area contributed by atoms with Crippen LogP contribution >= 0.6 is 0 Å². The van der Waals surface area contributed by atoms with Gasteiger partial charge in [0.05, 0.1) is 0 Å². The molecule has 0 aliphatic carbocycles. The van der Waals surface area contributed by atoms with Gasteiger partial charge in [-0.05, 0) is 13.6 Å². The van der Waals surface area contributed by atoms with Crippen LogP contribution in [-0.2, 0) is 4.79 Å². The van der Waals surface area contributed by atoms with Crippen molar-refractivity contribution in [3.05, 3.63) is 0 Å². The van der Waals surface area contributed by atoms with Crippen molar-refractivity contribution in [2.75, 3.05) is 13.1 Å². The van der Waals surface area contributed by atoms with Crippen molar-refractivity contribution in [2.24, 2.45) is 4.99 Å². The summed E-state index contributed by atoms with van der Waals surface area (Å²) in [5, 5.41) is 2.57. The number of carbonyl (C=O) groups is 1. The van der Waals surface area contributed by atoms with Crippen LogP contribution in [0.3, 0.4) is 0 Å². The van der Waals surface area contributed by atoms with Gasteiger partial charge in [-0.3, -0.25) is 9.79 Å². The molecule has 0 aliphatic rings. The fourth-order valence-electron chi connectivity index (χ4n) is 0.355. The number of hydrogen-bond donors (Lipinski definition) is 1. The summed E-state index contributed by atoms with van der Waals surface area (Å²) in [5.74, 6) is -0.0671. The molecular weight excluding hydrogens is 104 g/mol. The van der Waals surface area contributed by atoms with Gasteiger partial charge in [-0.2, -0.15) is 0 Å². The van der Waals surface area contributed by atoms with E-state index in [4.69, 9.17) is 0 Å². The Hall–Kier alpha value is -0.860.